The Balaban J connectivity index is 1.59. The van der Waals surface area contributed by atoms with Crippen molar-refractivity contribution in [2.75, 3.05) is 25.0 Å². The van der Waals surface area contributed by atoms with E-state index in [1.54, 1.807) is 11.3 Å². The summed E-state index contributed by atoms with van der Waals surface area (Å²) in [7, 11) is 0. The number of ether oxygens (including phenoxy) is 1. The number of amides is 1. The number of nitrogens with one attached hydrogen (secondary N) is 2. The van der Waals surface area contributed by atoms with E-state index in [2.05, 4.69) is 15.6 Å². The van der Waals surface area contributed by atoms with Crippen LogP contribution in [0.15, 0.2) is 6.20 Å². The molecule has 0 aromatic carbocycles. The standard InChI is InChI=1S/C13H19N3O2S/c17-12(10-2-1-7-18-10)16-13-15-8-11(19-13)9-3-5-14-6-4-9/h8-10,14H,1-7H2,(H,15,16,17)/t10-/m0/s1. The minimum Gasteiger partial charge on any atom is -0.368 e. The molecule has 1 atom stereocenters. The molecule has 0 bridgehead atoms. The van der Waals surface area contributed by atoms with Crippen molar-refractivity contribution >= 4 is 22.4 Å². The highest BCUT2D eigenvalue weighted by molar-refractivity contribution is 7.15. The Labute approximate surface area is 116 Å². The molecule has 104 valence electrons. The molecule has 1 aromatic rings. The number of hydrogen-bond acceptors (Lipinski definition) is 5. The number of aromatic nitrogens is 1. The van der Waals surface area contributed by atoms with Gasteiger partial charge in [0, 0.05) is 17.7 Å². The van der Waals surface area contributed by atoms with Gasteiger partial charge in [0.25, 0.3) is 5.91 Å². The molecule has 2 saturated heterocycles. The van der Waals surface area contributed by atoms with Crippen molar-refractivity contribution in [3.63, 3.8) is 0 Å². The van der Waals surface area contributed by atoms with Crippen LogP contribution in [0.4, 0.5) is 5.13 Å². The molecule has 2 aliphatic heterocycles. The fourth-order valence-corrected chi connectivity index (χ4v) is 3.60. The number of anilines is 1. The SMILES string of the molecule is O=C(Nc1ncc(C2CCNCC2)s1)[C@@H]1CCCO1. The Morgan fingerprint density at radius 2 is 2.26 bits per heavy atom. The first-order valence-corrected chi connectivity index (χ1v) is 7.73. The molecule has 2 aliphatic rings. The number of rotatable bonds is 3. The van der Waals surface area contributed by atoms with Gasteiger partial charge in [-0.2, -0.15) is 0 Å². The smallest absolute Gasteiger partial charge is 0.255 e. The maximum Gasteiger partial charge on any atom is 0.255 e. The van der Waals surface area contributed by atoms with Crippen molar-refractivity contribution in [3.05, 3.63) is 11.1 Å². The number of piperidine rings is 1. The fraction of sp³-hybridized carbons (Fsp3) is 0.692. The molecule has 0 saturated carbocycles. The van der Waals surface area contributed by atoms with Gasteiger partial charge in [-0.1, -0.05) is 0 Å². The van der Waals surface area contributed by atoms with Crippen LogP contribution in [0.3, 0.4) is 0 Å². The van der Waals surface area contributed by atoms with E-state index in [0.717, 1.165) is 38.8 Å². The van der Waals surface area contributed by atoms with Gasteiger partial charge in [0.05, 0.1) is 0 Å². The summed E-state index contributed by atoms with van der Waals surface area (Å²) >= 11 is 1.60. The second-order valence-corrected chi connectivity index (χ2v) is 6.15. The van der Waals surface area contributed by atoms with Crippen LogP contribution in [0.5, 0.6) is 0 Å². The molecule has 3 rings (SSSR count). The van der Waals surface area contributed by atoms with Gasteiger partial charge in [-0.15, -0.1) is 11.3 Å². The minimum absolute atomic E-state index is 0.0521. The Hall–Kier alpha value is -0.980. The molecule has 1 aromatic heterocycles. The zero-order valence-electron chi connectivity index (χ0n) is 10.9. The number of carbonyl (C=O) groups excluding carboxylic acids is 1. The first-order chi connectivity index (χ1) is 9.33. The highest BCUT2D eigenvalue weighted by atomic mass is 32.1. The van der Waals surface area contributed by atoms with Gasteiger partial charge in [-0.25, -0.2) is 4.98 Å². The van der Waals surface area contributed by atoms with Crippen LogP contribution in [0.25, 0.3) is 0 Å². The molecular weight excluding hydrogens is 262 g/mol. The molecule has 0 radical (unpaired) electrons. The maximum absolute atomic E-state index is 11.9. The molecule has 0 spiro atoms. The summed E-state index contributed by atoms with van der Waals surface area (Å²) in [6.45, 7) is 2.83. The first-order valence-electron chi connectivity index (χ1n) is 6.92. The zero-order valence-corrected chi connectivity index (χ0v) is 11.7. The van der Waals surface area contributed by atoms with Gasteiger partial charge in [0.1, 0.15) is 6.10 Å². The van der Waals surface area contributed by atoms with Crippen LogP contribution in [0, 0.1) is 0 Å². The van der Waals surface area contributed by atoms with E-state index in [-0.39, 0.29) is 12.0 Å². The van der Waals surface area contributed by atoms with Crippen LogP contribution in [-0.2, 0) is 9.53 Å². The molecule has 5 nitrogen and oxygen atoms in total. The molecule has 2 N–H and O–H groups in total. The number of nitrogens with zero attached hydrogens (tertiary/aromatic N) is 1. The van der Waals surface area contributed by atoms with Crippen molar-refractivity contribution < 1.29 is 9.53 Å². The van der Waals surface area contributed by atoms with Gasteiger partial charge in [-0.05, 0) is 44.7 Å². The average molecular weight is 281 g/mol. The number of thiazole rings is 1. The lowest BCUT2D eigenvalue weighted by atomic mass is 9.97. The zero-order chi connectivity index (χ0) is 13.1. The van der Waals surface area contributed by atoms with Gasteiger partial charge in [0.15, 0.2) is 5.13 Å². The third-order valence-corrected chi connectivity index (χ3v) is 4.79. The first kappa shape index (κ1) is 13.0. The predicted molar refractivity (Wildman–Crippen MR) is 74.6 cm³/mol. The molecule has 0 unspecified atom stereocenters. The summed E-state index contributed by atoms with van der Waals surface area (Å²) in [4.78, 5) is 17.5. The van der Waals surface area contributed by atoms with Crippen LogP contribution in [0.2, 0.25) is 0 Å². The predicted octanol–water partition coefficient (Wildman–Crippen LogP) is 1.73. The van der Waals surface area contributed by atoms with E-state index < -0.39 is 0 Å². The lowest BCUT2D eigenvalue weighted by molar-refractivity contribution is -0.124. The van der Waals surface area contributed by atoms with Crippen LogP contribution < -0.4 is 10.6 Å². The van der Waals surface area contributed by atoms with E-state index >= 15 is 0 Å². The minimum atomic E-state index is -0.286. The highest BCUT2D eigenvalue weighted by Gasteiger charge is 2.25. The van der Waals surface area contributed by atoms with E-state index in [0.29, 0.717) is 17.7 Å². The Morgan fingerprint density at radius 3 is 3.00 bits per heavy atom. The van der Waals surface area contributed by atoms with E-state index in [4.69, 9.17) is 4.74 Å². The topological polar surface area (TPSA) is 63.2 Å². The van der Waals surface area contributed by atoms with Crippen molar-refractivity contribution in [1.82, 2.24) is 10.3 Å². The summed E-state index contributed by atoms with van der Waals surface area (Å²) in [5, 5.41) is 6.93. The lowest BCUT2D eigenvalue weighted by Crippen LogP contribution is -2.26. The molecule has 19 heavy (non-hydrogen) atoms. The Kier molecular flexibility index (Phi) is 4.10. The normalized spacial score (nSPS) is 24.5. The molecule has 6 heteroatoms. The van der Waals surface area contributed by atoms with Gasteiger partial charge < -0.3 is 10.1 Å². The largest absolute Gasteiger partial charge is 0.368 e. The van der Waals surface area contributed by atoms with Gasteiger partial charge in [0.2, 0.25) is 0 Å². The quantitative estimate of drug-likeness (QED) is 0.885. The fourth-order valence-electron chi connectivity index (χ4n) is 2.61. The monoisotopic (exact) mass is 281 g/mol. The number of carbonyl (C=O) groups is 1. The third kappa shape index (κ3) is 3.13. The van der Waals surface area contributed by atoms with E-state index in [1.165, 1.54) is 4.88 Å². The van der Waals surface area contributed by atoms with Crippen molar-refractivity contribution in [1.29, 1.82) is 0 Å². The van der Waals surface area contributed by atoms with Gasteiger partial charge >= 0.3 is 0 Å². The Bertz CT molecular complexity index is 437. The van der Waals surface area contributed by atoms with E-state index in [9.17, 15) is 4.79 Å². The van der Waals surface area contributed by atoms with E-state index in [1.807, 2.05) is 6.20 Å². The summed E-state index contributed by atoms with van der Waals surface area (Å²) < 4.78 is 5.37. The second kappa shape index (κ2) is 5.98. The van der Waals surface area contributed by atoms with Crippen molar-refractivity contribution in [2.24, 2.45) is 0 Å². The summed E-state index contributed by atoms with van der Waals surface area (Å²) in [6.07, 6.45) is 5.72. The number of hydrogen-bond donors (Lipinski definition) is 2. The van der Waals surface area contributed by atoms with Crippen LogP contribution in [0.1, 0.15) is 36.5 Å². The van der Waals surface area contributed by atoms with Crippen LogP contribution in [-0.4, -0.2) is 36.7 Å². The lowest BCUT2D eigenvalue weighted by Gasteiger charge is -2.20. The molecule has 0 aliphatic carbocycles. The second-order valence-electron chi connectivity index (χ2n) is 5.08. The summed E-state index contributed by atoms with van der Waals surface area (Å²) in [6, 6.07) is 0. The maximum atomic E-state index is 11.9. The van der Waals surface area contributed by atoms with Crippen molar-refractivity contribution in [3.8, 4) is 0 Å². The van der Waals surface area contributed by atoms with Crippen molar-refractivity contribution in [2.45, 2.75) is 37.7 Å². The summed E-state index contributed by atoms with van der Waals surface area (Å²) in [5.74, 6) is 0.538. The molecule has 1 amide bonds. The van der Waals surface area contributed by atoms with Crippen LogP contribution >= 0.6 is 11.3 Å². The van der Waals surface area contributed by atoms with Gasteiger partial charge in [-0.3, -0.25) is 10.1 Å². The molecular formula is C13H19N3O2S. The molecule has 3 heterocycles. The Morgan fingerprint density at radius 1 is 1.42 bits per heavy atom. The molecule has 2 fully saturated rings. The third-order valence-electron chi connectivity index (χ3n) is 3.72. The summed E-state index contributed by atoms with van der Waals surface area (Å²) in [5.41, 5.74) is 0. The highest BCUT2D eigenvalue weighted by Crippen LogP contribution is 2.31. The average Bonchev–Trinajstić information content (AvgIpc) is 3.11.